The minimum atomic E-state index is 0.0766. The number of rotatable bonds is 5. The molecule has 1 unspecified atom stereocenters. The van der Waals surface area contributed by atoms with Crippen LogP contribution in [0.25, 0.3) is 11.1 Å². The van der Waals surface area contributed by atoms with Crippen LogP contribution >= 0.6 is 0 Å². The number of amides is 1. The summed E-state index contributed by atoms with van der Waals surface area (Å²) >= 11 is 0. The molecule has 2 aromatic carbocycles. The number of carbonyl (C=O) groups is 1. The highest BCUT2D eigenvalue weighted by molar-refractivity contribution is 5.96. The van der Waals surface area contributed by atoms with Crippen LogP contribution < -0.4 is 15.4 Å². The van der Waals surface area contributed by atoms with Gasteiger partial charge in [-0.15, -0.1) is 0 Å². The van der Waals surface area contributed by atoms with Crippen LogP contribution in [0.5, 0.6) is 5.75 Å². The number of hydrogen-bond acceptors (Lipinski definition) is 3. The van der Waals surface area contributed by atoms with Crippen molar-refractivity contribution >= 4 is 11.6 Å². The molecule has 0 aromatic heterocycles. The van der Waals surface area contributed by atoms with E-state index in [1.54, 1.807) is 6.92 Å². The van der Waals surface area contributed by atoms with Gasteiger partial charge in [-0.1, -0.05) is 31.2 Å². The molecule has 4 heteroatoms. The predicted octanol–water partition coefficient (Wildman–Crippen LogP) is 3.90. The largest absolute Gasteiger partial charge is 0.493 e. The van der Waals surface area contributed by atoms with Gasteiger partial charge in [-0.3, -0.25) is 4.79 Å². The number of fused-ring (bicyclic) bond motifs is 1. The Morgan fingerprint density at radius 2 is 1.96 bits per heavy atom. The molecule has 3 rings (SSSR count). The highest BCUT2D eigenvalue weighted by Crippen LogP contribution is 2.44. The van der Waals surface area contributed by atoms with E-state index in [1.807, 2.05) is 11.0 Å². The molecule has 2 aromatic rings. The molecule has 0 saturated carbocycles. The van der Waals surface area contributed by atoms with Crippen molar-refractivity contribution < 1.29 is 9.53 Å². The standard InChI is InChI=1S/C21H26N2O2/c1-4-11-25-21-18(17-7-5-16(13-22)6-8-17)9-10-20-19(21)12-14(2)23(20)15(3)24/h5-10,14H,4,11-13,22H2,1-3H3. The maximum absolute atomic E-state index is 12.0. The molecule has 1 atom stereocenters. The summed E-state index contributed by atoms with van der Waals surface area (Å²) in [7, 11) is 0. The van der Waals surface area contributed by atoms with Crippen molar-refractivity contribution in [2.24, 2.45) is 5.73 Å². The molecule has 0 aliphatic carbocycles. The van der Waals surface area contributed by atoms with Crippen molar-refractivity contribution in [1.82, 2.24) is 0 Å². The zero-order chi connectivity index (χ0) is 18.0. The van der Waals surface area contributed by atoms with E-state index in [4.69, 9.17) is 10.5 Å². The van der Waals surface area contributed by atoms with Crippen LogP contribution in [0.3, 0.4) is 0 Å². The molecular formula is C21H26N2O2. The van der Waals surface area contributed by atoms with E-state index in [1.165, 1.54) is 0 Å². The minimum absolute atomic E-state index is 0.0766. The lowest BCUT2D eigenvalue weighted by Gasteiger charge is -2.21. The molecule has 0 spiro atoms. The van der Waals surface area contributed by atoms with E-state index >= 15 is 0 Å². The molecule has 0 fully saturated rings. The van der Waals surface area contributed by atoms with E-state index in [-0.39, 0.29) is 11.9 Å². The van der Waals surface area contributed by atoms with Crippen LogP contribution in [0.1, 0.15) is 38.3 Å². The summed E-state index contributed by atoms with van der Waals surface area (Å²) in [5.74, 6) is 0.989. The Balaban J connectivity index is 2.10. The average Bonchev–Trinajstić information content (AvgIpc) is 2.96. The second-order valence-corrected chi connectivity index (χ2v) is 6.63. The Morgan fingerprint density at radius 3 is 2.56 bits per heavy atom. The third-order valence-electron chi connectivity index (χ3n) is 4.73. The summed E-state index contributed by atoms with van der Waals surface area (Å²) in [5.41, 5.74) is 11.1. The zero-order valence-electron chi connectivity index (χ0n) is 15.2. The number of nitrogens with two attached hydrogens (primary N) is 1. The summed E-state index contributed by atoms with van der Waals surface area (Å²) in [5, 5.41) is 0. The first-order chi connectivity index (χ1) is 12.1. The Hall–Kier alpha value is -2.33. The normalized spacial score (nSPS) is 16.0. The van der Waals surface area contributed by atoms with Crippen LogP contribution in [0.15, 0.2) is 36.4 Å². The quantitative estimate of drug-likeness (QED) is 0.899. The fourth-order valence-corrected chi connectivity index (χ4v) is 3.56. The first-order valence-electron chi connectivity index (χ1n) is 8.94. The van der Waals surface area contributed by atoms with Crippen LogP contribution in [0.2, 0.25) is 0 Å². The lowest BCUT2D eigenvalue weighted by Crippen LogP contribution is -2.33. The van der Waals surface area contributed by atoms with E-state index < -0.39 is 0 Å². The van der Waals surface area contributed by atoms with Crippen molar-refractivity contribution in [3.05, 3.63) is 47.5 Å². The van der Waals surface area contributed by atoms with Gasteiger partial charge in [0, 0.05) is 30.6 Å². The number of hydrogen-bond donors (Lipinski definition) is 1. The van der Waals surface area contributed by atoms with Crippen LogP contribution in [-0.2, 0) is 17.8 Å². The maximum Gasteiger partial charge on any atom is 0.224 e. The molecule has 4 nitrogen and oxygen atoms in total. The molecule has 25 heavy (non-hydrogen) atoms. The second kappa shape index (κ2) is 7.28. The van der Waals surface area contributed by atoms with E-state index in [2.05, 4.69) is 44.2 Å². The van der Waals surface area contributed by atoms with E-state index in [0.717, 1.165) is 46.5 Å². The van der Waals surface area contributed by atoms with E-state index in [0.29, 0.717) is 13.2 Å². The number of ether oxygens (including phenoxy) is 1. The molecule has 1 heterocycles. The van der Waals surface area contributed by atoms with Gasteiger partial charge in [0.2, 0.25) is 5.91 Å². The van der Waals surface area contributed by atoms with Gasteiger partial charge in [0.05, 0.1) is 12.3 Å². The highest BCUT2D eigenvalue weighted by atomic mass is 16.5. The van der Waals surface area contributed by atoms with Gasteiger partial charge >= 0.3 is 0 Å². The number of anilines is 1. The molecule has 0 radical (unpaired) electrons. The second-order valence-electron chi connectivity index (χ2n) is 6.63. The fraction of sp³-hybridized carbons (Fsp3) is 0.381. The first-order valence-corrected chi connectivity index (χ1v) is 8.94. The van der Waals surface area contributed by atoms with Crippen molar-refractivity contribution in [3.8, 4) is 16.9 Å². The van der Waals surface area contributed by atoms with Crippen molar-refractivity contribution in [3.63, 3.8) is 0 Å². The molecule has 1 amide bonds. The van der Waals surface area contributed by atoms with Crippen molar-refractivity contribution in [2.75, 3.05) is 11.5 Å². The smallest absolute Gasteiger partial charge is 0.224 e. The average molecular weight is 338 g/mol. The summed E-state index contributed by atoms with van der Waals surface area (Å²) in [6.45, 7) is 7.01. The molecule has 0 saturated heterocycles. The SMILES string of the molecule is CCCOc1c(-c2ccc(CN)cc2)ccc2c1CC(C)N2C(C)=O. The van der Waals surface area contributed by atoms with Gasteiger partial charge in [-0.25, -0.2) is 0 Å². The van der Waals surface area contributed by atoms with Gasteiger partial charge in [0.1, 0.15) is 5.75 Å². The molecule has 0 bridgehead atoms. The number of nitrogens with zero attached hydrogens (tertiary/aromatic N) is 1. The maximum atomic E-state index is 12.0. The van der Waals surface area contributed by atoms with Crippen LogP contribution in [0, 0.1) is 0 Å². The Bertz CT molecular complexity index is 768. The first kappa shape index (κ1) is 17.5. The molecule has 2 N–H and O–H groups in total. The summed E-state index contributed by atoms with van der Waals surface area (Å²) in [4.78, 5) is 13.9. The summed E-state index contributed by atoms with van der Waals surface area (Å²) < 4.78 is 6.15. The minimum Gasteiger partial charge on any atom is -0.493 e. The van der Waals surface area contributed by atoms with Gasteiger partial charge in [0.25, 0.3) is 0 Å². The molecular weight excluding hydrogens is 312 g/mol. The van der Waals surface area contributed by atoms with Gasteiger partial charge < -0.3 is 15.4 Å². The highest BCUT2D eigenvalue weighted by Gasteiger charge is 2.32. The van der Waals surface area contributed by atoms with Gasteiger partial charge in [0.15, 0.2) is 0 Å². The van der Waals surface area contributed by atoms with Crippen LogP contribution in [-0.4, -0.2) is 18.6 Å². The van der Waals surface area contributed by atoms with Gasteiger partial charge in [-0.05, 0) is 43.0 Å². The predicted molar refractivity (Wildman–Crippen MR) is 102 cm³/mol. The summed E-state index contributed by atoms with van der Waals surface area (Å²) in [6.07, 6.45) is 1.77. The summed E-state index contributed by atoms with van der Waals surface area (Å²) in [6, 6.07) is 12.5. The van der Waals surface area contributed by atoms with Crippen molar-refractivity contribution in [1.29, 1.82) is 0 Å². The topological polar surface area (TPSA) is 55.6 Å². The Labute approximate surface area is 149 Å². The number of benzene rings is 2. The Morgan fingerprint density at radius 1 is 1.24 bits per heavy atom. The monoisotopic (exact) mass is 338 g/mol. The third kappa shape index (κ3) is 3.27. The fourth-order valence-electron chi connectivity index (χ4n) is 3.56. The Kier molecular flexibility index (Phi) is 5.09. The van der Waals surface area contributed by atoms with Crippen molar-refractivity contribution in [2.45, 2.75) is 46.2 Å². The lowest BCUT2D eigenvalue weighted by molar-refractivity contribution is -0.116. The van der Waals surface area contributed by atoms with Gasteiger partial charge in [-0.2, -0.15) is 0 Å². The zero-order valence-corrected chi connectivity index (χ0v) is 15.2. The van der Waals surface area contributed by atoms with Crippen LogP contribution in [0.4, 0.5) is 5.69 Å². The molecule has 132 valence electrons. The van der Waals surface area contributed by atoms with E-state index in [9.17, 15) is 4.79 Å². The third-order valence-corrected chi connectivity index (χ3v) is 4.73. The molecule has 1 aliphatic heterocycles. The number of carbonyl (C=O) groups excluding carboxylic acids is 1. The lowest BCUT2D eigenvalue weighted by atomic mass is 9.98. The molecule has 1 aliphatic rings.